The molecule has 2 heterocycles. The van der Waals surface area contributed by atoms with Crippen LogP contribution < -0.4 is 20.0 Å². The molecule has 5 rings (SSSR count). The summed E-state index contributed by atoms with van der Waals surface area (Å²) in [7, 11) is 1.15. The fourth-order valence-corrected chi connectivity index (χ4v) is 10.3. The maximum atomic E-state index is 12.2. The lowest BCUT2D eigenvalue weighted by Crippen LogP contribution is -2.54. The number of benzene rings is 3. The SMILES string of the molecule is COc1ccc([Si](C)(C)C(CCn2cc(C(CO)c3ccccc3)nn2)[C@H]2Oc3ccc(NC(=O)[C@H](C)O)cc3[C@@H](OC)[C@@H]2C)cc1. The Morgan fingerprint density at radius 1 is 1.09 bits per heavy atom. The van der Waals surface area contributed by atoms with E-state index in [-0.39, 0.29) is 36.2 Å². The number of carbonyl (C=O) groups excluding carboxylic acids is 1. The number of rotatable bonds is 13. The van der Waals surface area contributed by atoms with Crippen molar-refractivity contribution in [2.24, 2.45) is 5.92 Å². The number of amides is 1. The molecule has 0 saturated carbocycles. The second-order valence-corrected chi connectivity index (χ2v) is 17.7. The largest absolute Gasteiger partial charge is 0.497 e. The van der Waals surface area contributed by atoms with Gasteiger partial charge in [-0.05, 0) is 54.8 Å². The van der Waals surface area contributed by atoms with E-state index in [0.717, 1.165) is 34.7 Å². The molecule has 0 radical (unpaired) electrons. The van der Waals surface area contributed by atoms with Crippen molar-refractivity contribution in [3.8, 4) is 11.5 Å². The molecule has 0 aliphatic carbocycles. The highest BCUT2D eigenvalue weighted by Gasteiger charge is 2.47. The number of carbonyl (C=O) groups is 1. The van der Waals surface area contributed by atoms with Crippen molar-refractivity contribution in [2.75, 3.05) is 26.1 Å². The minimum Gasteiger partial charge on any atom is -0.497 e. The molecule has 250 valence electrons. The molecule has 0 saturated heterocycles. The van der Waals surface area contributed by atoms with Crippen molar-refractivity contribution in [1.29, 1.82) is 0 Å². The van der Waals surface area contributed by atoms with Crippen molar-refractivity contribution < 1.29 is 29.2 Å². The monoisotopic (exact) mass is 658 g/mol. The smallest absolute Gasteiger partial charge is 0.252 e. The van der Waals surface area contributed by atoms with Crippen LogP contribution >= 0.6 is 0 Å². The zero-order valence-corrected chi connectivity index (χ0v) is 29.0. The summed E-state index contributed by atoms with van der Waals surface area (Å²) in [5.41, 5.74) is 3.31. The van der Waals surface area contributed by atoms with Gasteiger partial charge in [0.25, 0.3) is 5.91 Å². The first-order chi connectivity index (χ1) is 22.6. The van der Waals surface area contributed by atoms with Crippen LogP contribution in [0.15, 0.2) is 79.0 Å². The number of fused-ring (bicyclic) bond motifs is 1. The first kappa shape index (κ1) is 34.3. The van der Waals surface area contributed by atoms with Crippen molar-refractivity contribution in [3.05, 3.63) is 95.8 Å². The van der Waals surface area contributed by atoms with Gasteiger partial charge >= 0.3 is 0 Å². The molecule has 0 fully saturated rings. The molecule has 0 bridgehead atoms. The summed E-state index contributed by atoms with van der Waals surface area (Å²) >= 11 is 0. The molecule has 47 heavy (non-hydrogen) atoms. The van der Waals surface area contributed by atoms with E-state index in [9.17, 15) is 15.0 Å². The molecule has 1 aromatic heterocycles. The number of aromatic nitrogens is 3. The Balaban J connectivity index is 1.46. The lowest BCUT2D eigenvalue weighted by atomic mass is 9.86. The molecule has 1 amide bonds. The summed E-state index contributed by atoms with van der Waals surface area (Å²) < 4.78 is 20.3. The number of nitrogens with one attached hydrogen (secondary N) is 1. The normalized spacial score (nSPS) is 19.6. The highest BCUT2D eigenvalue weighted by Crippen LogP contribution is 2.47. The molecule has 10 nitrogen and oxygen atoms in total. The minimum absolute atomic E-state index is 0.0200. The number of nitrogens with zero attached hydrogens (tertiary/aromatic N) is 3. The number of aryl methyl sites for hydroxylation is 1. The van der Waals surface area contributed by atoms with Gasteiger partial charge in [-0.25, -0.2) is 0 Å². The van der Waals surface area contributed by atoms with Crippen molar-refractivity contribution in [2.45, 2.75) is 69.7 Å². The van der Waals surface area contributed by atoms with E-state index in [1.807, 2.05) is 65.5 Å². The van der Waals surface area contributed by atoms with E-state index >= 15 is 0 Å². The van der Waals surface area contributed by atoms with Crippen LogP contribution in [0.4, 0.5) is 5.69 Å². The molecule has 0 spiro atoms. The first-order valence-electron chi connectivity index (χ1n) is 16.1. The van der Waals surface area contributed by atoms with Crippen molar-refractivity contribution in [3.63, 3.8) is 0 Å². The van der Waals surface area contributed by atoms with Gasteiger partial charge in [-0.2, -0.15) is 0 Å². The number of aliphatic hydroxyl groups excluding tert-OH is 2. The van der Waals surface area contributed by atoms with Gasteiger partial charge in [0.15, 0.2) is 0 Å². The Hall–Kier alpha value is -4.03. The van der Waals surface area contributed by atoms with Crippen molar-refractivity contribution >= 4 is 24.9 Å². The van der Waals surface area contributed by atoms with Gasteiger partial charge in [-0.15, -0.1) is 5.10 Å². The lowest BCUT2D eigenvalue weighted by molar-refractivity contribution is -0.123. The second-order valence-electron chi connectivity index (χ2n) is 12.9. The molecule has 3 N–H and O–H groups in total. The van der Waals surface area contributed by atoms with E-state index in [0.29, 0.717) is 12.2 Å². The molecule has 6 atom stereocenters. The number of methoxy groups -OCH3 is 2. The molecule has 11 heteroatoms. The minimum atomic E-state index is -2.23. The van der Waals surface area contributed by atoms with Crippen LogP contribution in [0, 0.1) is 5.92 Å². The van der Waals surface area contributed by atoms with Gasteiger partial charge in [0, 0.05) is 37.0 Å². The van der Waals surface area contributed by atoms with E-state index in [1.54, 1.807) is 20.3 Å². The number of hydrogen-bond donors (Lipinski definition) is 3. The van der Waals surface area contributed by atoms with E-state index in [4.69, 9.17) is 14.2 Å². The molecule has 4 aromatic rings. The van der Waals surface area contributed by atoms with Gasteiger partial charge in [-0.1, -0.05) is 72.9 Å². The fourth-order valence-electron chi connectivity index (χ4n) is 6.78. The summed E-state index contributed by atoms with van der Waals surface area (Å²) in [6, 6.07) is 23.8. The molecule has 1 aliphatic rings. The third-order valence-corrected chi connectivity index (χ3v) is 13.9. The highest BCUT2D eigenvalue weighted by molar-refractivity contribution is 6.91. The number of ether oxygens (including phenoxy) is 3. The van der Waals surface area contributed by atoms with Crippen LogP contribution in [0.3, 0.4) is 0 Å². The Bertz CT molecular complexity index is 1630. The summed E-state index contributed by atoms with van der Waals surface area (Å²) in [4.78, 5) is 12.2. The lowest BCUT2D eigenvalue weighted by Gasteiger charge is -2.46. The van der Waals surface area contributed by atoms with Crippen LogP contribution in [-0.2, 0) is 16.1 Å². The number of aliphatic hydroxyl groups is 2. The van der Waals surface area contributed by atoms with Crippen molar-refractivity contribution in [1.82, 2.24) is 15.0 Å². The third-order valence-electron chi connectivity index (χ3n) is 9.60. The van der Waals surface area contributed by atoms with E-state index in [2.05, 4.69) is 47.8 Å². The zero-order valence-electron chi connectivity index (χ0n) is 28.0. The maximum Gasteiger partial charge on any atom is 0.252 e. The topological polar surface area (TPSA) is 128 Å². The summed E-state index contributed by atoms with van der Waals surface area (Å²) in [5.74, 6) is 0.793. The molecule has 3 aromatic carbocycles. The van der Waals surface area contributed by atoms with Crippen LogP contribution in [-0.4, -0.2) is 72.2 Å². The number of anilines is 1. The first-order valence-corrected chi connectivity index (χ1v) is 19.2. The van der Waals surface area contributed by atoms with E-state index in [1.165, 1.54) is 12.1 Å². The average molecular weight is 659 g/mol. The van der Waals surface area contributed by atoms with Crippen LogP contribution in [0.2, 0.25) is 18.6 Å². The van der Waals surface area contributed by atoms with Gasteiger partial charge < -0.3 is 29.7 Å². The maximum absolute atomic E-state index is 12.2. The van der Waals surface area contributed by atoms with Crippen LogP contribution in [0.1, 0.15) is 49.1 Å². The summed E-state index contributed by atoms with van der Waals surface area (Å²) in [6.45, 7) is 8.92. The predicted molar refractivity (Wildman–Crippen MR) is 184 cm³/mol. The van der Waals surface area contributed by atoms with Gasteiger partial charge in [0.05, 0.1) is 39.5 Å². The Morgan fingerprint density at radius 3 is 2.45 bits per heavy atom. The Kier molecular flexibility index (Phi) is 10.8. The molecular weight excluding hydrogens is 613 g/mol. The highest BCUT2D eigenvalue weighted by atomic mass is 28.3. The predicted octanol–water partition coefficient (Wildman–Crippen LogP) is 4.89. The van der Waals surface area contributed by atoms with E-state index < -0.39 is 20.1 Å². The van der Waals surface area contributed by atoms with Gasteiger partial charge in [0.1, 0.15) is 23.7 Å². The zero-order chi connectivity index (χ0) is 33.7. The molecule has 1 aliphatic heterocycles. The van der Waals surface area contributed by atoms with Crippen LogP contribution in [0.5, 0.6) is 11.5 Å². The quantitative estimate of drug-likeness (QED) is 0.173. The summed E-state index contributed by atoms with van der Waals surface area (Å²) in [6.07, 6.45) is 1.15. The number of hydrogen-bond acceptors (Lipinski definition) is 8. The van der Waals surface area contributed by atoms with Crippen LogP contribution in [0.25, 0.3) is 0 Å². The van der Waals surface area contributed by atoms with Gasteiger partial charge in [0.2, 0.25) is 0 Å². The average Bonchev–Trinajstić information content (AvgIpc) is 3.54. The second kappa shape index (κ2) is 14.8. The standard InChI is InChI=1S/C36H46N4O6Si/c1-23-34(45-4)29-20-26(37-36(43)24(2)42)12-17-32(29)46-35(23)33(47(5,6)28-15-13-27(44-3)14-16-28)18-19-40-21-31(38-39-40)30(22-41)25-10-8-7-9-11-25/h7-17,20-21,23-24,30,33-35,41-42H,18-19,22H2,1-6H3,(H,37,43)/t23-,24-,30?,33?,34-,35-/m0/s1. The fraction of sp³-hybridized carbons (Fsp3) is 0.417. The molecular formula is C36H46N4O6Si. The molecule has 2 unspecified atom stereocenters. The third kappa shape index (κ3) is 7.43. The Morgan fingerprint density at radius 2 is 1.81 bits per heavy atom. The Labute approximate surface area is 277 Å². The summed E-state index contributed by atoms with van der Waals surface area (Å²) in [5, 5.41) is 32.9. The van der Waals surface area contributed by atoms with Gasteiger partial charge in [-0.3, -0.25) is 9.48 Å².